The fourth-order valence-electron chi connectivity index (χ4n) is 2.50. The summed E-state index contributed by atoms with van der Waals surface area (Å²) in [4.78, 5) is 12.7. The van der Waals surface area contributed by atoms with Crippen LogP contribution in [0, 0.1) is 17.1 Å². The number of hydrogen-bond donors (Lipinski definition) is 2. The Hall–Kier alpha value is -2.70. The van der Waals surface area contributed by atoms with Gasteiger partial charge in [0.1, 0.15) is 11.9 Å². The monoisotopic (exact) mass is 463 g/mol. The molecular weight excluding hydrogens is 449 g/mol. The van der Waals surface area contributed by atoms with Crippen molar-refractivity contribution in [2.45, 2.75) is 5.50 Å². The normalized spacial score (nSPS) is 17.1. The molecule has 0 aliphatic carbocycles. The van der Waals surface area contributed by atoms with E-state index in [9.17, 15) is 9.18 Å². The molecule has 28 heavy (non-hydrogen) atoms. The van der Waals surface area contributed by atoms with Crippen LogP contribution in [0.3, 0.4) is 0 Å². The summed E-state index contributed by atoms with van der Waals surface area (Å²) in [5, 5.41) is 14.4. The summed E-state index contributed by atoms with van der Waals surface area (Å²) in [6.07, 6.45) is 1.70. The Labute approximate surface area is 173 Å². The molecule has 0 saturated carbocycles. The molecule has 1 amide bonds. The van der Waals surface area contributed by atoms with Crippen LogP contribution in [0.25, 0.3) is 6.08 Å². The van der Waals surface area contributed by atoms with Gasteiger partial charge in [0, 0.05) is 0 Å². The highest BCUT2D eigenvalue weighted by Gasteiger charge is 2.28. The maximum atomic E-state index is 13.8. The van der Waals surface area contributed by atoms with E-state index in [4.69, 9.17) is 14.7 Å². The quantitative estimate of drug-likeness (QED) is 0.627. The maximum Gasteiger partial charge on any atom is 0.260 e. The lowest BCUT2D eigenvalue weighted by Crippen LogP contribution is -2.31. The Bertz CT molecular complexity index is 977. The molecule has 1 atom stereocenters. The molecule has 2 N–H and O–H groups in total. The van der Waals surface area contributed by atoms with Crippen molar-refractivity contribution in [3.63, 3.8) is 0 Å². The smallest absolute Gasteiger partial charge is 0.260 e. The second-order valence-electron chi connectivity index (χ2n) is 5.59. The lowest BCUT2D eigenvalue weighted by atomic mass is 10.2. The third-order valence-corrected chi connectivity index (χ3v) is 5.34. The van der Waals surface area contributed by atoms with Gasteiger partial charge in [-0.3, -0.25) is 4.79 Å². The average molecular weight is 464 g/mol. The number of thioether (sulfide) groups is 1. The molecule has 0 aromatic heterocycles. The molecule has 2 aromatic rings. The van der Waals surface area contributed by atoms with E-state index < -0.39 is 11.3 Å². The van der Waals surface area contributed by atoms with Gasteiger partial charge >= 0.3 is 0 Å². The van der Waals surface area contributed by atoms with Crippen molar-refractivity contribution in [1.82, 2.24) is 5.32 Å². The Kier molecular flexibility index (Phi) is 6.44. The summed E-state index contributed by atoms with van der Waals surface area (Å²) in [7, 11) is 1.49. The van der Waals surface area contributed by atoms with Gasteiger partial charge < -0.3 is 20.1 Å². The van der Waals surface area contributed by atoms with Crippen LogP contribution in [-0.4, -0.2) is 25.1 Å². The average Bonchev–Trinajstić information content (AvgIpc) is 3.01. The van der Waals surface area contributed by atoms with Crippen LogP contribution < -0.4 is 20.1 Å². The molecule has 1 fully saturated rings. The largest absolute Gasteiger partial charge is 0.493 e. The Morgan fingerprint density at radius 1 is 1.43 bits per heavy atom. The van der Waals surface area contributed by atoms with E-state index in [2.05, 4.69) is 26.6 Å². The molecule has 9 heteroatoms. The number of para-hydroxylation sites is 1. The molecule has 1 heterocycles. The first-order valence-corrected chi connectivity index (χ1v) is 9.76. The summed E-state index contributed by atoms with van der Waals surface area (Å²) >= 11 is 4.64. The van der Waals surface area contributed by atoms with Crippen LogP contribution in [0.2, 0.25) is 0 Å². The lowest BCUT2D eigenvalue weighted by molar-refractivity contribution is -0.116. The van der Waals surface area contributed by atoms with E-state index in [0.717, 1.165) is 0 Å². The zero-order valence-corrected chi connectivity index (χ0v) is 17.1. The van der Waals surface area contributed by atoms with Crippen LogP contribution in [0.15, 0.2) is 45.8 Å². The number of nitrogens with one attached hydrogen (secondary N) is 2. The second-order valence-corrected chi connectivity index (χ2v) is 7.59. The Balaban J connectivity index is 1.80. The predicted octanol–water partition coefficient (Wildman–Crippen LogP) is 4.10. The summed E-state index contributed by atoms with van der Waals surface area (Å²) < 4.78 is 25.1. The van der Waals surface area contributed by atoms with E-state index in [1.54, 1.807) is 36.4 Å². The van der Waals surface area contributed by atoms with Crippen LogP contribution in [0.5, 0.6) is 11.5 Å². The number of halogens is 2. The SMILES string of the molecule is COc1cc(/C=C2\SC(Nc3ccccc3F)NC2=O)cc(Br)c1OCC#N. The lowest BCUT2D eigenvalue weighted by Gasteiger charge is -2.13. The fraction of sp³-hybridized carbons (Fsp3) is 0.158. The number of anilines is 1. The maximum absolute atomic E-state index is 13.8. The number of methoxy groups -OCH3 is 1. The van der Waals surface area contributed by atoms with Crippen molar-refractivity contribution in [3.8, 4) is 17.6 Å². The van der Waals surface area contributed by atoms with Crippen LogP contribution in [0.4, 0.5) is 10.1 Å². The zero-order valence-electron chi connectivity index (χ0n) is 14.7. The van der Waals surface area contributed by atoms with E-state index in [-0.39, 0.29) is 12.5 Å². The van der Waals surface area contributed by atoms with Gasteiger partial charge in [0.15, 0.2) is 23.6 Å². The molecule has 0 bridgehead atoms. The Morgan fingerprint density at radius 2 is 2.21 bits per heavy atom. The highest BCUT2D eigenvalue weighted by molar-refractivity contribution is 9.10. The summed E-state index contributed by atoms with van der Waals surface area (Å²) in [6.45, 7) is -0.114. The van der Waals surface area contributed by atoms with Crippen molar-refractivity contribution >= 4 is 45.4 Å². The topological polar surface area (TPSA) is 83.4 Å². The second kappa shape index (κ2) is 8.99. The highest BCUT2D eigenvalue weighted by Crippen LogP contribution is 2.38. The number of hydrogen-bond acceptors (Lipinski definition) is 6. The van der Waals surface area contributed by atoms with E-state index in [1.165, 1.54) is 24.9 Å². The molecule has 0 radical (unpaired) electrons. The Morgan fingerprint density at radius 3 is 2.93 bits per heavy atom. The molecule has 1 unspecified atom stereocenters. The van der Waals surface area contributed by atoms with Crippen molar-refractivity contribution in [3.05, 3.63) is 57.2 Å². The molecular formula is C19H15BrFN3O3S. The minimum absolute atomic E-state index is 0.114. The molecule has 1 aliphatic rings. The van der Waals surface area contributed by atoms with Crippen LogP contribution in [0.1, 0.15) is 5.56 Å². The highest BCUT2D eigenvalue weighted by atomic mass is 79.9. The van der Waals surface area contributed by atoms with Gasteiger partial charge in [-0.2, -0.15) is 5.26 Å². The summed E-state index contributed by atoms with van der Waals surface area (Å²) in [5.74, 6) is 0.185. The summed E-state index contributed by atoms with van der Waals surface area (Å²) in [5.41, 5.74) is 0.529. The number of nitriles is 1. The molecule has 144 valence electrons. The van der Waals surface area contributed by atoms with Gasteiger partial charge in [-0.1, -0.05) is 23.9 Å². The minimum atomic E-state index is -0.487. The number of ether oxygens (including phenoxy) is 2. The fourth-order valence-corrected chi connectivity index (χ4v) is 4.05. The van der Waals surface area contributed by atoms with Crippen LogP contribution >= 0.6 is 27.7 Å². The molecule has 2 aromatic carbocycles. The van der Waals surface area contributed by atoms with Crippen molar-refractivity contribution in [2.24, 2.45) is 0 Å². The molecule has 1 saturated heterocycles. The predicted molar refractivity (Wildman–Crippen MR) is 109 cm³/mol. The first kappa shape index (κ1) is 20.0. The number of carbonyl (C=O) groups is 1. The third kappa shape index (κ3) is 4.58. The van der Waals surface area contributed by atoms with Crippen molar-refractivity contribution < 1.29 is 18.7 Å². The number of amides is 1. The standard InChI is InChI=1S/C19H15BrFN3O3S/c1-26-15-9-11(8-12(20)17(15)27-7-6-22)10-16-18(25)24-19(28-16)23-14-5-3-2-4-13(14)21/h2-5,8-10,19,23H,7H2,1H3,(H,24,25)/b16-10-. The van der Waals surface area contributed by atoms with Crippen LogP contribution in [-0.2, 0) is 4.79 Å². The molecule has 6 nitrogen and oxygen atoms in total. The van der Waals surface area contributed by atoms with Gasteiger partial charge in [-0.05, 0) is 51.8 Å². The number of carbonyl (C=O) groups excluding carboxylic acids is 1. The summed E-state index contributed by atoms with van der Waals surface area (Å²) in [6, 6.07) is 11.6. The minimum Gasteiger partial charge on any atom is -0.493 e. The molecule has 0 spiro atoms. The van der Waals surface area contributed by atoms with E-state index in [1.807, 2.05) is 6.07 Å². The van der Waals surface area contributed by atoms with E-state index in [0.29, 0.717) is 32.1 Å². The first-order chi connectivity index (χ1) is 13.5. The van der Waals surface area contributed by atoms with E-state index >= 15 is 0 Å². The third-order valence-electron chi connectivity index (χ3n) is 3.72. The van der Waals surface area contributed by atoms with Gasteiger partial charge in [0.2, 0.25) is 0 Å². The number of nitrogens with zero attached hydrogens (tertiary/aromatic N) is 1. The van der Waals surface area contributed by atoms with Gasteiger partial charge in [-0.15, -0.1) is 0 Å². The number of benzene rings is 2. The van der Waals surface area contributed by atoms with Crippen molar-refractivity contribution in [1.29, 1.82) is 5.26 Å². The number of rotatable bonds is 6. The van der Waals surface area contributed by atoms with Gasteiger partial charge in [0.25, 0.3) is 5.91 Å². The molecule has 3 rings (SSSR count). The van der Waals surface area contributed by atoms with Gasteiger partial charge in [0.05, 0.1) is 22.2 Å². The first-order valence-electron chi connectivity index (χ1n) is 8.09. The zero-order chi connectivity index (χ0) is 20.1. The van der Waals surface area contributed by atoms with Gasteiger partial charge in [-0.25, -0.2) is 4.39 Å². The van der Waals surface area contributed by atoms with Crippen molar-refractivity contribution in [2.75, 3.05) is 19.0 Å². The molecule has 1 aliphatic heterocycles.